The van der Waals surface area contributed by atoms with Gasteiger partial charge < -0.3 is 29.5 Å². The van der Waals surface area contributed by atoms with Crippen LogP contribution in [0.3, 0.4) is 0 Å². The molecular formula is C52H60Cl4N4O12S2. The number of amides is 2. The predicted octanol–water partition coefficient (Wildman–Crippen LogP) is 9.36. The molecule has 0 aromatic heterocycles. The van der Waals surface area contributed by atoms with Gasteiger partial charge in [0.05, 0.1) is 35.4 Å². The normalized spacial score (nSPS) is 23.3. The van der Waals surface area contributed by atoms with Crippen LogP contribution in [0.25, 0.3) is 0 Å². The summed E-state index contributed by atoms with van der Waals surface area (Å²) < 4.78 is 66.7. The van der Waals surface area contributed by atoms with E-state index in [0.717, 1.165) is 11.1 Å². The molecule has 2 saturated carbocycles. The molecule has 0 radical (unpaired) electrons. The number of hydrogen-bond acceptors (Lipinski definition) is 10. The van der Waals surface area contributed by atoms with E-state index in [4.69, 9.17) is 55.9 Å². The number of rotatable bonds is 20. The number of morpholine rings is 2. The molecule has 2 heterocycles. The number of sulfonamides is 2. The number of halogens is 4. The van der Waals surface area contributed by atoms with E-state index in [1.807, 2.05) is 26.0 Å². The molecule has 22 heteroatoms. The Morgan fingerprint density at radius 3 is 1.19 bits per heavy atom. The average Bonchev–Trinajstić information content (AvgIpc) is 4.29. The first kappa shape index (κ1) is 57.4. The van der Waals surface area contributed by atoms with Crippen LogP contribution in [0.1, 0.15) is 112 Å². The van der Waals surface area contributed by atoms with Crippen LogP contribution in [0.4, 0.5) is 0 Å². The smallest absolute Gasteiger partial charge is 0.306 e. The van der Waals surface area contributed by atoms with Crippen molar-refractivity contribution in [3.63, 3.8) is 0 Å². The standard InChI is InChI=1S/2C26H30Cl2N2O6S/c2*1-3-20(15-29(2)37(34,35)21-11-12-21)30-24(16-7-9-18(27)10-8-16)25(17-5-4-6-19(28)13-17)36-22(26(30)33)14-23(31)32/h2*4-10,13,20-22,24-25H,3,11-12,14-15H2,1-2H3,(H,31,32)/t20-,22+,24+,25+;20-,22-,24+,25+/m00/s1. The van der Waals surface area contributed by atoms with E-state index in [1.165, 1.54) is 22.7 Å². The number of aliphatic carboxylic acids is 2. The van der Waals surface area contributed by atoms with E-state index >= 15 is 0 Å². The zero-order valence-electron chi connectivity index (χ0n) is 41.2. The number of likely N-dealkylation sites (N-methyl/N-ethyl adjacent to an activating group) is 2. The minimum absolute atomic E-state index is 0.0766. The van der Waals surface area contributed by atoms with E-state index < -0.39 is 105 Å². The van der Waals surface area contributed by atoms with Crippen molar-refractivity contribution < 1.29 is 55.7 Å². The summed E-state index contributed by atoms with van der Waals surface area (Å²) in [6, 6.07) is 25.7. The summed E-state index contributed by atoms with van der Waals surface area (Å²) in [5, 5.41) is 20.2. The van der Waals surface area contributed by atoms with Gasteiger partial charge in [0.1, 0.15) is 24.4 Å². The van der Waals surface area contributed by atoms with Gasteiger partial charge in [0.25, 0.3) is 11.8 Å². The minimum Gasteiger partial charge on any atom is -0.481 e. The number of ether oxygens (including phenoxy) is 2. The molecule has 74 heavy (non-hydrogen) atoms. The highest BCUT2D eigenvalue weighted by atomic mass is 35.5. The Kier molecular flexibility index (Phi) is 18.9. The number of carbonyl (C=O) groups excluding carboxylic acids is 2. The summed E-state index contributed by atoms with van der Waals surface area (Å²) in [6.07, 6.45) is -1.62. The summed E-state index contributed by atoms with van der Waals surface area (Å²) in [4.78, 5) is 54.3. The quantitative estimate of drug-likeness (QED) is 0.0849. The lowest BCUT2D eigenvalue weighted by Gasteiger charge is -2.48. The molecule has 2 amide bonds. The molecule has 2 aliphatic heterocycles. The molecule has 0 spiro atoms. The number of carboxylic acids is 2. The van der Waals surface area contributed by atoms with Crippen LogP contribution in [0.15, 0.2) is 97.1 Å². The van der Waals surface area contributed by atoms with Gasteiger partial charge in [-0.05, 0) is 109 Å². The van der Waals surface area contributed by atoms with Crippen LogP contribution in [0.2, 0.25) is 20.1 Å². The van der Waals surface area contributed by atoms with Gasteiger partial charge in [-0.2, -0.15) is 0 Å². The maximum Gasteiger partial charge on any atom is 0.306 e. The van der Waals surface area contributed by atoms with Crippen molar-refractivity contribution in [1.29, 1.82) is 0 Å². The molecular weight excluding hydrogens is 1080 g/mol. The predicted molar refractivity (Wildman–Crippen MR) is 282 cm³/mol. The van der Waals surface area contributed by atoms with E-state index in [-0.39, 0.29) is 23.6 Å². The summed E-state index contributed by atoms with van der Waals surface area (Å²) in [6.45, 7) is 3.91. The molecule has 16 nitrogen and oxygen atoms in total. The maximum absolute atomic E-state index is 13.9. The molecule has 2 N–H and O–H groups in total. The van der Waals surface area contributed by atoms with Gasteiger partial charge in [-0.3, -0.25) is 19.2 Å². The SMILES string of the molecule is CC[C@@H](CN(C)S(=O)(=O)C1CC1)N1C(=O)[C@@H](CC(=O)O)O[C@H](c2cccc(Cl)c2)[C@H]1c1ccc(Cl)cc1.CC[C@@H](CN(C)S(=O)(=O)C1CC1)N1C(=O)[C@H](CC(=O)O)O[C@H](c2cccc(Cl)c2)[C@H]1c1ccc(Cl)cc1. The molecule has 0 bridgehead atoms. The van der Waals surface area contributed by atoms with Crippen molar-refractivity contribution in [2.45, 2.75) is 124 Å². The van der Waals surface area contributed by atoms with Gasteiger partial charge in [0.2, 0.25) is 20.0 Å². The number of carboxylic acid groups (broad SMARTS) is 2. The molecule has 2 saturated heterocycles. The van der Waals surface area contributed by atoms with Crippen LogP contribution in [0.5, 0.6) is 0 Å². The average molecular weight is 1140 g/mol. The van der Waals surface area contributed by atoms with E-state index in [2.05, 4.69) is 0 Å². The minimum atomic E-state index is -3.48. The Bertz CT molecular complexity index is 2700. The molecule has 4 aromatic rings. The first-order chi connectivity index (χ1) is 35.0. The lowest BCUT2D eigenvalue weighted by Crippen LogP contribution is -2.57. The summed E-state index contributed by atoms with van der Waals surface area (Å²) in [7, 11) is -3.91. The Morgan fingerprint density at radius 1 is 0.568 bits per heavy atom. The fraction of sp³-hybridized carbons (Fsp3) is 0.462. The third kappa shape index (κ3) is 13.4. The van der Waals surface area contributed by atoms with Crippen LogP contribution in [-0.2, 0) is 48.7 Å². The van der Waals surface area contributed by atoms with Crippen molar-refractivity contribution in [1.82, 2.24) is 18.4 Å². The Labute approximate surface area is 452 Å². The van der Waals surface area contributed by atoms with Gasteiger partial charge in [-0.1, -0.05) is 109 Å². The molecule has 4 fully saturated rings. The molecule has 8 atom stereocenters. The van der Waals surface area contributed by atoms with Crippen LogP contribution < -0.4 is 0 Å². The second kappa shape index (κ2) is 24.3. The van der Waals surface area contributed by atoms with Gasteiger partial charge in [-0.15, -0.1) is 0 Å². The van der Waals surface area contributed by atoms with Gasteiger partial charge in [0, 0.05) is 59.4 Å². The third-order valence-corrected chi connectivity index (χ3v) is 19.4. The molecule has 0 unspecified atom stereocenters. The fourth-order valence-corrected chi connectivity index (χ4v) is 13.6. The van der Waals surface area contributed by atoms with Gasteiger partial charge >= 0.3 is 11.9 Å². The summed E-state index contributed by atoms with van der Waals surface area (Å²) >= 11 is 24.9. The van der Waals surface area contributed by atoms with Gasteiger partial charge in [0.15, 0.2) is 0 Å². The summed E-state index contributed by atoms with van der Waals surface area (Å²) in [5.74, 6) is -3.33. The fourth-order valence-electron chi connectivity index (χ4n) is 9.67. The Morgan fingerprint density at radius 2 is 0.905 bits per heavy atom. The molecule has 4 aliphatic rings. The van der Waals surface area contributed by atoms with Crippen LogP contribution in [0, 0.1) is 0 Å². The highest BCUT2D eigenvalue weighted by molar-refractivity contribution is 7.90. The zero-order valence-corrected chi connectivity index (χ0v) is 45.8. The topological polar surface area (TPSA) is 208 Å². The Hall–Kier alpha value is -4.34. The maximum atomic E-state index is 13.9. The first-order valence-corrected chi connectivity index (χ1v) is 28.9. The Balaban J connectivity index is 0.000000216. The van der Waals surface area contributed by atoms with E-state index in [1.54, 1.807) is 94.7 Å². The highest BCUT2D eigenvalue weighted by Gasteiger charge is 2.50. The lowest BCUT2D eigenvalue weighted by atomic mass is 9.89. The van der Waals surface area contributed by atoms with Crippen molar-refractivity contribution in [2.75, 3.05) is 27.2 Å². The second-order valence-corrected chi connectivity index (χ2v) is 25.4. The van der Waals surface area contributed by atoms with Crippen LogP contribution in [-0.4, -0.2) is 131 Å². The third-order valence-electron chi connectivity index (χ3n) is 13.8. The lowest BCUT2D eigenvalue weighted by molar-refractivity contribution is -0.183. The largest absolute Gasteiger partial charge is 0.481 e. The van der Waals surface area contributed by atoms with Crippen molar-refractivity contribution in [2.24, 2.45) is 0 Å². The number of nitrogens with zero attached hydrogens (tertiary/aromatic N) is 4. The van der Waals surface area contributed by atoms with Crippen molar-refractivity contribution in [3.8, 4) is 0 Å². The van der Waals surface area contributed by atoms with Crippen molar-refractivity contribution in [3.05, 3.63) is 139 Å². The molecule has 400 valence electrons. The molecule has 2 aliphatic carbocycles. The van der Waals surface area contributed by atoms with E-state index in [0.29, 0.717) is 69.7 Å². The van der Waals surface area contributed by atoms with E-state index in [9.17, 15) is 46.2 Å². The number of carbonyl (C=O) groups is 4. The molecule has 8 rings (SSSR count). The summed E-state index contributed by atoms with van der Waals surface area (Å²) in [5.41, 5.74) is 2.80. The zero-order chi connectivity index (χ0) is 53.8. The van der Waals surface area contributed by atoms with Crippen molar-refractivity contribution >= 4 is 90.2 Å². The monoisotopic (exact) mass is 1140 g/mol. The second-order valence-electron chi connectivity index (χ2n) is 19.1. The van der Waals surface area contributed by atoms with Crippen LogP contribution >= 0.6 is 46.4 Å². The highest BCUT2D eigenvalue weighted by Crippen LogP contribution is 2.47. The molecule has 4 aromatic carbocycles. The number of benzene rings is 4. The van der Waals surface area contributed by atoms with Gasteiger partial charge in [-0.25, -0.2) is 25.4 Å². The first-order valence-electron chi connectivity index (χ1n) is 24.4. The number of hydrogen-bond donors (Lipinski definition) is 2.